The fourth-order valence-corrected chi connectivity index (χ4v) is 2.60. The van der Waals surface area contributed by atoms with Crippen LogP contribution >= 0.6 is 0 Å². The molecule has 0 aromatic heterocycles. The quantitative estimate of drug-likeness (QED) is 0.825. The van der Waals surface area contributed by atoms with E-state index in [0.29, 0.717) is 0 Å². The van der Waals surface area contributed by atoms with Crippen molar-refractivity contribution in [3.63, 3.8) is 0 Å². The SMILES string of the molecule is CC(C)NC(=O)COC(=O)N(C1CCNCC1)C(C)(C)C. The van der Waals surface area contributed by atoms with Crippen molar-refractivity contribution >= 4 is 12.0 Å². The van der Waals surface area contributed by atoms with E-state index in [9.17, 15) is 9.59 Å². The largest absolute Gasteiger partial charge is 0.439 e. The molecular weight excluding hydrogens is 270 g/mol. The zero-order valence-electron chi connectivity index (χ0n) is 13.9. The molecule has 0 aromatic carbocycles. The molecule has 0 aromatic rings. The molecule has 0 atom stereocenters. The van der Waals surface area contributed by atoms with Crippen LogP contribution < -0.4 is 10.6 Å². The highest BCUT2D eigenvalue weighted by Gasteiger charge is 2.35. The minimum Gasteiger partial charge on any atom is -0.439 e. The third-order valence-corrected chi connectivity index (χ3v) is 3.37. The highest BCUT2D eigenvalue weighted by Crippen LogP contribution is 2.23. The van der Waals surface area contributed by atoms with Crippen LogP contribution in [0.4, 0.5) is 4.79 Å². The van der Waals surface area contributed by atoms with Gasteiger partial charge in [0, 0.05) is 17.6 Å². The third kappa shape index (κ3) is 5.91. The van der Waals surface area contributed by atoms with E-state index in [4.69, 9.17) is 4.74 Å². The maximum atomic E-state index is 12.4. The van der Waals surface area contributed by atoms with E-state index in [1.54, 1.807) is 4.90 Å². The Morgan fingerprint density at radius 3 is 2.33 bits per heavy atom. The van der Waals surface area contributed by atoms with Crippen LogP contribution in [0.15, 0.2) is 0 Å². The van der Waals surface area contributed by atoms with Crippen molar-refractivity contribution in [3.8, 4) is 0 Å². The van der Waals surface area contributed by atoms with Crippen LogP contribution in [0.3, 0.4) is 0 Å². The number of nitrogens with one attached hydrogen (secondary N) is 2. The smallest absolute Gasteiger partial charge is 0.410 e. The lowest BCUT2D eigenvalue weighted by Gasteiger charge is -2.42. The second-order valence-electron chi connectivity index (χ2n) is 6.80. The summed E-state index contributed by atoms with van der Waals surface area (Å²) in [6.45, 7) is 11.3. The summed E-state index contributed by atoms with van der Waals surface area (Å²) in [5.41, 5.74) is -0.326. The van der Waals surface area contributed by atoms with Crippen molar-refractivity contribution in [1.29, 1.82) is 0 Å². The molecule has 0 radical (unpaired) electrons. The number of ether oxygens (including phenoxy) is 1. The minimum absolute atomic E-state index is 0.0411. The number of amides is 2. The van der Waals surface area contributed by atoms with Crippen LogP contribution in [0, 0.1) is 0 Å². The predicted octanol–water partition coefficient (Wildman–Crippen LogP) is 1.50. The normalized spacial score (nSPS) is 16.7. The van der Waals surface area contributed by atoms with Crippen LogP contribution in [0.25, 0.3) is 0 Å². The van der Waals surface area contributed by atoms with Gasteiger partial charge in [-0.05, 0) is 60.5 Å². The summed E-state index contributed by atoms with van der Waals surface area (Å²) in [5.74, 6) is -0.266. The Morgan fingerprint density at radius 2 is 1.86 bits per heavy atom. The molecule has 1 rings (SSSR count). The minimum atomic E-state index is -0.409. The molecule has 0 bridgehead atoms. The standard InChI is InChI=1S/C15H29N3O3/c1-11(2)17-13(19)10-21-14(20)18(15(3,4)5)12-6-8-16-9-7-12/h11-12,16H,6-10H2,1-5H3,(H,17,19). The van der Waals surface area contributed by atoms with Gasteiger partial charge >= 0.3 is 6.09 Å². The molecule has 1 saturated heterocycles. The Labute approximate surface area is 127 Å². The van der Waals surface area contributed by atoms with E-state index < -0.39 is 6.09 Å². The molecule has 2 N–H and O–H groups in total. The van der Waals surface area contributed by atoms with Gasteiger partial charge in [-0.25, -0.2) is 4.79 Å². The van der Waals surface area contributed by atoms with Crippen LogP contribution in [-0.2, 0) is 9.53 Å². The maximum Gasteiger partial charge on any atom is 0.410 e. The van der Waals surface area contributed by atoms with E-state index >= 15 is 0 Å². The lowest BCUT2D eigenvalue weighted by atomic mass is 9.98. The van der Waals surface area contributed by atoms with Crippen LogP contribution in [-0.4, -0.2) is 54.2 Å². The number of hydrogen-bond donors (Lipinski definition) is 2. The number of piperidine rings is 1. The first-order chi connectivity index (χ1) is 9.71. The third-order valence-electron chi connectivity index (χ3n) is 3.37. The molecule has 1 aliphatic rings. The van der Waals surface area contributed by atoms with Gasteiger partial charge < -0.3 is 20.3 Å². The highest BCUT2D eigenvalue weighted by molar-refractivity contribution is 5.80. The predicted molar refractivity (Wildman–Crippen MR) is 82.1 cm³/mol. The van der Waals surface area contributed by atoms with Crippen LogP contribution in [0.1, 0.15) is 47.5 Å². The fourth-order valence-electron chi connectivity index (χ4n) is 2.60. The fraction of sp³-hybridized carbons (Fsp3) is 0.867. The summed E-state index contributed by atoms with van der Waals surface area (Å²) in [7, 11) is 0. The molecule has 1 fully saturated rings. The van der Waals surface area contributed by atoms with E-state index in [1.165, 1.54) is 0 Å². The molecule has 6 nitrogen and oxygen atoms in total. The van der Waals surface area contributed by atoms with Gasteiger partial charge in [-0.1, -0.05) is 0 Å². The Hall–Kier alpha value is -1.30. The van der Waals surface area contributed by atoms with Crippen molar-refractivity contribution in [2.45, 2.75) is 65.1 Å². The molecule has 6 heteroatoms. The summed E-state index contributed by atoms with van der Waals surface area (Å²) in [6.07, 6.45) is 1.41. The van der Waals surface area contributed by atoms with Gasteiger partial charge in [0.25, 0.3) is 5.91 Å². The van der Waals surface area contributed by atoms with E-state index in [2.05, 4.69) is 10.6 Å². The lowest BCUT2D eigenvalue weighted by Crippen LogP contribution is -2.55. The molecule has 1 aliphatic heterocycles. The topological polar surface area (TPSA) is 70.7 Å². The van der Waals surface area contributed by atoms with Gasteiger partial charge in [0.05, 0.1) is 0 Å². The second-order valence-corrected chi connectivity index (χ2v) is 6.80. The summed E-state index contributed by atoms with van der Waals surface area (Å²) in [6, 6.07) is 0.200. The van der Waals surface area contributed by atoms with Crippen LogP contribution in [0.5, 0.6) is 0 Å². The van der Waals surface area contributed by atoms with E-state index in [0.717, 1.165) is 25.9 Å². The molecule has 122 valence electrons. The van der Waals surface area contributed by atoms with Gasteiger partial charge in [0.15, 0.2) is 6.61 Å². The summed E-state index contributed by atoms with van der Waals surface area (Å²) in [5, 5.41) is 6.00. The van der Waals surface area contributed by atoms with E-state index in [-0.39, 0.29) is 30.1 Å². The Kier molecular flexibility index (Phi) is 6.45. The van der Waals surface area contributed by atoms with Crippen molar-refractivity contribution in [2.24, 2.45) is 0 Å². The molecule has 0 aliphatic carbocycles. The van der Waals surface area contributed by atoms with Crippen molar-refractivity contribution in [1.82, 2.24) is 15.5 Å². The Morgan fingerprint density at radius 1 is 1.29 bits per heavy atom. The maximum absolute atomic E-state index is 12.4. The molecule has 21 heavy (non-hydrogen) atoms. The molecule has 0 spiro atoms. The Bertz CT molecular complexity index is 358. The molecule has 0 unspecified atom stereocenters. The monoisotopic (exact) mass is 299 g/mol. The average molecular weight is 299 g/mol. The van der Waals surface area contributed by atoms with Gasteiger partial charge in [0.2, 0.25) is 0 Å². The summed E-state index contributed by atoms with van der Waals surface area (Å²) >= 11 is 0. The first-order valence-electron chi connectivity index (χ1n) is 7.68. The van der Waals surface area contributed by atoms with Gasteiger partial charge in [-0.3, -0.25) is 4.79 Å². The second kappa shape index (κ2) is 7.64. The summed E-state index contributed by atoms with van der Waals surface area (Å²) in [4.78, 5) is 25.7. The van der Waals surface area contributed by atoms with Crippen molar-refractivity contribution in [3.05, 3.63) is 0 Å². The number of carbonyl (C=O) groups is 2. The van der Waals surface area contributed by atoms with Gasteiger partial charge in [-0.2, -0.15) is 0 Å². The number of hydrogen-bond acceptors (Lipinski definition) is 4. The molecule has 0 saturated carbocycles. The average Bonchev–Trinajstić information content (AvgIpc) is 2.35. The molecule has 2 amide bonds. The number of nitrogens with zero attached hydrogens (tertiary/aromatic N) is 1. The highest BCUT2D eigenvalue weighted by atomic mass is 16.6. The first-order valence-corrected chi connectivity index (χ1v) is 7.68. The molecular formula is C15H29N3O3. The lowest BCUT2D eigenvalue weighted by molar-refractivity contribution is -0.125. The zero-order valence-corrected chi connectivity index (χ0v) is 13.9. The van der Waals surface area contributed by atoms with E-state index in [1.807, 2.05) is 34.6 Å². The zero-order chi connectivity index (χ0) is 16.0. The van der Waals surface area contributed by atoms with Crippen LogP contribution in [0.2, 0.25) is 0 Å². The Balaban J connectivity index is 2.61. The van der Waals surface area contributed by atoms with Crippen molar-refractivity contribution < 1.29 is 14.3 Å². The number of carbonyl (C=O) groups excluding carboxylic acids is 2. The van der Waals surface area contributed by atoms with Gasteiger partial charge in [0.1, 0.15) is 0 Å². The first kappa shape index (κ1) is 17.8. The van der Waals surface area contributed by atoms with Gasteiger partial charge in [-0.15, -0.1) is 0 Å². The number of rotatable bonds is 4. The summed E-state index contributed by atoms with van der Waals surface area (Å²) < 4.78 is 5.20. The molecule has 1 heterocycles. The van der Waals surface area contributed by atoms with Crippen molar-refractivity contribution in [2.75, 3.05) is 19.7 Å².